The summed E-state index contributed by atoms with van der Waals surface area (Å²) in [4.78, 5) is 24.2. The number of primary amides is 1. The Labute approximate surface area is 217 Å². The van der Waals surface area contributed by atoms with Crippen molar-refractivity contribution in [3.8, 4) is 16.9 Å². The summed E-state index contributed by atoms with van der Waals surface area (Å²) in [7, 11) is 1.55. The quantitative estimate of drug-likeness (QED) is 0.408. The van der Waals surface area contributed by atoms with Gasteiger partial charge in [0.05, 0.1) is 36.3 Å². The molecule has 2 atom stereocenters. The molecule has 4 N–H and O–H groups in total. The number of nitrogens with one attached hydrogen (secondary N) is 2. The zero-order chi connectivity index (χ0) is 26.5. The zero-order valence-corrected chi connectivity index (χ0v) is 20.9. The van der Waals surface area contributed by atoms with Gasteiger partial charge in [-0.25, -0.2) is 4.39 Å². The highest BCUT2D eigenvalue weighted by atomic mass is 19.1. The average Bonchev–Trinajstić information content (AvgIpc) is 3.27. The summed E-state index contributed by atoms with van der Waals surface area (Å²) >= 11 is 0. The van der Waals surface area contributed by atoms with E-state index < -0.39 is 17.5 Å². The molecule has 0 radical (unpaired) electrons. The predicted molar refractivity (Wildman–Crippen MR) is 136 cm³/mol. The number of para-hydroxylation sites is 1. The van der Waals surface area contributed by atoms with Crippen molar-refractivity contribution in [3.63, 3.8) is 0 Å². The van der Waals surface area contributed by atoms with Gasteiger partial charge in [0.1, 0.15) is 5.75 Å². The molecular formula is C26H28FN7O4. The van der Waals surface area contributed by atoms with Crippen LogP contribution in [-0.2, 0) is 9.53 Å². The lowest BCUT2D eigenvalue weighted by Gasteiger charge is -2.45. The van der Waals surface area contributed by atoms with Crippen molar-refractivity contribution in [1.82, 2.24) is 20.0 Å². The molecule has 2 aliphatic carbocycles. The van der Waals surface area contributed by atoms with Crippen molar-refractivity contribution in [2.75, 3.05) is 24.4 Å². The maximum absolute atomic E-state index is 14.1. The minimum absolute atomic E-state index is 0.00798. The van der Waals surface area contributed by atoms with Crippen LogP contribution in [0.25, 0.3) is 11.1 Å². The van der Waals surface area contributed by atoms with Gasteiger partial charge in [0, 0.05) is 30.0 Å². The molecule has 12 heteroatoms. The van der Waals surface area contributed by atoms with Gasteiger partial charge in [-0.3, -0.25) is 14.3 Å². The van der Waals surface area contributed by atoms with E-state index in [2.05, 4.69) is 25.9 Å². The van der Waals surface area contributed by atoms with Crippen molar-refractivity contribution in [2.45, 2.75) is 55.8 Å². The van der Waals surface area contributed by atoms with Gasteiger partial charge in [0.25, 0.3) is 11.8 Å². The molecule has 11 nitrogen and oxygen atoms in total. The molecule has 38 heavy (non-hydrogen) atoms. The molecule has 1 aliphatic heterocycles. The number of hydrogen-bond acceptors (Lipinski definition) is 8. The van der Waals surface area contributed by atoms with Gasteiger partial charge in [-0.2, -0.15) is 5.10 Å². The van der Waals surface area contributed by atoms with E-state index in [1.165, 1.54) is 6.07 Å². The van der Waals surface area contributed by atoms with Crippen LogP contribution in [0, 0.1) is 0 Å². The number of nitrogens with two attached hydrogens (primary N) is 1. The molecule has 2 unspecified atom stereocenters. The van der Waals surface area contributed by atoms with E-state index in [0.29, 0.717) is 11.4 Å². The smallest absolute Gasteiger partial charge is 0.271 e. The number of rotatable bonds is 8. The Kier molecular flexibility index (Phi) is 5.78. The Hall–Kier alpha value is -4.06. The number of amides is 2. The lowest BCUT2D eigenvalue weighted by Crippen LogP contribution is -2.47. The molecule has 3 heterocycles. The molecule has 2 aromatic heterocycles. The van der Waals surface area contributed by atoms with Crippen LogP contribution in [0.1, 0.15) is 55.1 Å². The normalized spacial score (nSPS) is 23.1. The number of carbonyl (C=O) groups excluding carboxylic acids is 2. The third-order valence-electron chi connectivity index (χ3n) is 7.67. The Morgan fingerprint density at radius 2 is 2.05 bits per heavy atom. The lowest BCUT2D eigenvalue weighted by molar-refractivity contribution is -0.122. The molecule has 0 bridgehead atoms. The average molecular weight is 522 g/mol. The van der Waals surface area contributed by atoms with Crippen molar-refractivity contribution >= 4 is 29.0 Å². The van der Waals surface area contributed by atoms with Crippen LogP contribution in [0.5, 0.6) is 5.75 Å². The topological polar surface area (TPSA) is 146 Å². The first-order valence-electron chi connectivity index (χ1n) is 12.6. The summed E-state index contributed by atoms with van der Waals surface area (Å²) in [5, 5.41) is 17.8. The van der Waals surface area contributed by atoms with Gasteiger partial charge in [0.2, 0.25) is 0 Å². The standard InChI is InChI=1S/C26H28FN7O4/c1-37-22-16(15-13-29-34(14-15)19-6-8-26(19)7-3-11-38-26)4-2-5-17(22)30-18-12-20(32-33-21(18)23(28)35)31-24(36)25(27)9-10-25/h2,4-5,12-14,19H,3,6-11H2,1H3,(H2,28,35)(H2,30,31,32,36). The molecule has 198 valence electrons. The number of nitrogens with zero attached hydrogens (tertiary/aromatic N) is 4. The number of aromatic nitrogens is 4. The second-order valence-electron chi connectivity index (χ2n) is 10.1. The second kappa shape index (κ2) is 9.05. The highest BCUT2D eigenvalue weighted by Crippen LogP contribution is 2.51. The number of benzene rings is 1. The van der Waals surface area contributed by atoms with Gasteiger partial charge in [0.15, 0.2) is 17.2 Å². The molecule has 1 saturated heterocycles. The number of halogens is 1. The van der Waals surface area contributed by atoms with E-state index in [-0.39, 0.29) is 41.7 Å². The number of methoxy groups -OCH3 is 1. The van der Waals surface area contributed by atoms with Gasteiger partial charge in [-0.05, 0) is 44.6 Å². The minimum Gasteiger partial charge on any atom is -0.494 e. The van der Waals surface area contributed by atoms with E-state index in [9.17, 15) is 14.0 Å². The first kappa shape index (κ1) is 24.3. The highest BCUT2D eigenvalue weighted by molar-refractivity contribution is 6.01. The van der Waals surface area contributed by atoms with Crippen LogP contribution in [0.3, 0.4) is 0 Å². The Balaban J connectivity index is 1.29. The molecule has 6 rings (SSSR count). The van der Waals surface area contributed by atoms with Crippen molar-refractivity contribution in [2.24, 2.45) is 5.73 Å². The summed E-state index contributed by atoms with van der Waals surface area (Å²) in [6.07, 6.45) is 8.30. The Morgan fingerprint density at radius 3 is 2.71 bits per heavy atom. The molecule has 2 amide bonds. The third kappa shape index (κ3) is 4.14. The van der Waals surface area contributed by atoms with Gasteiger partial charge in [-0.15, -0.1) is 10.2 Å². The summed E-state index contributed by atoms with van der Waals surface area (Å²) < 4.78 is 27.9. The summed E-state index contributed by atoms with van der Waals surface area (Å²) in [5.74, 6) is -1.11. The van der Waals surface area contributed by atoms with Crippen molar-refractivity contribution in [1.29, 1.82) is 0 Å². The van der Waals surface area contributed by atoms with E-state index in [1.807, 2.05) is 23.0 Å². The van der Waals surface area contributed by atoms with Crippen LogP contribution < -0.4 is 21.1 Å². The molecule has 1 spiro atoms. The predicted octanol–water partition coefficient (Wildman–Crippen LogP) is 3.52. The zero-order valence-electron chi connectivity index (χ0n) is 20.9. The van der Waals surface area contributed by atoms with Crippen LogP contribution in [0.15, 0.2) is 36.7 Å². The van der Waals surface area contributed by atoms with Crippen LogP contribution >= 0.6 is 0 Å². The van der Waals surface area contributed by atoms with Crippen LogP contribution in [-0.4, -0.2) is 56.8 Å². The molecular weight excluding hydrogens is 493 g/mol. The summed E-state index contributed by atoms with van der Waals surface area (Å²) in [6, 6.07) is 7.11. The fraction of sp³-hybridized carbons (Fsp3) is 0.423. The monoisotopic (exact) mass is 521 g/mol. The largest absolute Gasteiger partial charge is 0.494 e. The van der Waals surface area contributed by atoms with Gasteiger partial charge in [-0.1, -0.05) is 12.1 Å². The second-order valence-corrected chi connectivity index (χ2v) is 10.1. The Bertz CT molecular complexity index is 1410. The van der Waals surface area contributed by atoms with Gasteiger partial charge < -0.3 is 25.8 Å². The third-order valence-corrected chi connectivity index (χ3v) is 7.67. The van der Waals surface area contributed by atoms with Crippen LogP contribution in [0.2, 0.25) is 0 Å². The number of carbonyl (C=O) groups is 2. The Morgan fingerprint density at radius 1 is 1.21 bits per heavy atom. The van der Waals surface area contributed by atoms with Crippen molar-refractivity contribution in [3.05, 3.63) is 42.4 Å². The fourth-order valence-corrected chi connectivity index (χ4v) is 5.32. The molecule has 1 aromatic carbocycles. The first-order valence-corrected chi connectivity index (χ1v) is 12.6. The van der Waals surface area contributed by atoms with E-state index in [4.69, 9.17) is 15.2 Å². The highest BCUT2D eigenvalue weighted by Gasteiger charge is 2.52. The number of ether oxygens (including phenoxy) is 2. The minimum atomic E-state index is -1.89. The van der Waals surface area contributed by atoms with Gasteiger partial charge >= 0.3 is 0 Å². The molecule has 3 aliphatic rings. The summed E-state index contributed by atoms with van der Waals surface area (Å²) in [5.41, 5.74) is 5.73. The van der Waals surface area contributed by atoms with E-state index >= 15 is 0 Å². The van der Waals surface area contributed by atoms with Crippen molar-refractivity contribution < 1.29 is 23.5 Å². The first-order chi connectivity index (χ1) is 18.3. The molecule has 3 aromatic rings. The number of alkyl halides is 1. The number of hydrogen-bond donors (Lipinski definition) is 3. The maximum Gasteiger partial charge on any atom is 0.271 e. The SMILES string of the molecule is COc1c(Nc2cc(NC(=O)C3(F)CC3)nnc2C(N)=O)cccc1-c1cnn(C2CCC23CCCO3)c1. The van der Waals surface area contributed by atoms with E-state index in [0.717, 1.165) is 43.4 Å². The molecule has 3 fully saturated rings. The maximum atomic E-state index is 14.1. The molecule has 2 saturated carbocycles. The lowest BCUT2D eigenvalue weighted by atomic mass is 9.73. The van der Waals surface area contributed by atoms with E-state index in [1.54, 1.807) is 19.4 Å². The number of anilines is 3. The van der Waals surface area contributed by atoms with Crippen LogP contribution in [0.4, 0.5) is 21.6 Å². The fourth-order valence-electron chi connectivity index (χ4n) is 5.32. The summed E-state index contributed by atoms with van der Waals surface area (Å²) in [6.45, 7) is 0.795.